The molecule has 1 atom stereocenters. The molecule has 0 bridgehead atoms. The van der Waals surface area contributed by atoms with E-state index in [1.54, 1.807) is 55.6 Å². The van der Waals surface area contributed by atoms with Crippen molar-refractivity contribution in [2.45, 2.75) is 25.4 Å². The van der Waals surface area contributed by atoms with Crippen LogP contribution in [0.2, 0.25) is 0 Å². The Labute approximate surface area is 192 Å². The molecule has 1 aliphatic heterocycles. The zero-order chi connectivity index (χ0) is 23.4. The predicted molar refractivity (Wildman–Crippen MR) is 125 cm³/mol. The molecule has 0 aliphatic carbocycles. The predicted octanol–water partition coefficient (Wildman–Crippen LogP) is 4.30. The summed E-state index contributed by atoms with van der Waals surface area (Å²) in [5.74, 6) is 0.147. The van der Waals surface area contributed by atoms with E-state index in [1.807, 2.05) is 37.3 Å². The maximum Gasteiger partial charge on any atom is 0.325 e. The van der Waals surface area contributed by atoms with Crippen molar-refractivity contribution >= 4 is 23.5 Å². The molecule has 168 valence electrons. The molecular weight excluding hydrogens is 418 g/mol. The number of benzene rings is 3. The van der Waals surface area contributed by atoms with Gasteiger partial charge < -0.3 is 15.4 Å². The van der Waals surface area contributed by atoms with Crippen LogP contribution in [0.15, 0.2) is 78.9 Å². The van der Waals surface area contributed by atoms with Crippen LogP contribution in [0.1, 0.15) is 34.8 Å². The van der Waals surface area contributed by atoms with E-state index in [0.29, 0.717) is 29.0 Å². The Bertz CT molecular complexity index is 1160. The summed E-state index contributed by atoms with van der Waals surface area (Å²) in [6, 6.07) is 22.8. The second-order valence-electron chi connectivity index (χ2n) is 7.83. The SMILES string of the molecule is CC[C@]1(c2ccc(OC)cc2)NC(=O)N(Cc2ccc(C(=O)Nc3ccccc3)cc2)C1=O. The first kappa shape index (κ1) is 22.1. The quantitative estimate of drug-likeness (QED) is 0.533. The van der Waals surface area contributed by atoms with Crippen molar-refractivity contribution in [1.82, 2.24) is 10.2 Å². The molecule has 3 aromatic rings. The van der Waals surface area contributed by atoms with Gasteiger partial charge in [-0.15, -0.1) is 0 Å². The van der Waals surface area contributed by atoms with Gasteiger partial charge in [-0.05, 0) is 53.9 Å². The van der Waals surface area contributed by atoms with Gasteiger partial charge in [-0.3, -0.25) is 14.5 Å². The molecule has 1 aliphatic rings. The number of para-hydroxylation sites is 1. The molecule has 1 saturated heterocycles. The summed E-state index contributed by atoms with van der Waals surface area (Å²) in [5, 5.41) is 5.71. The first-order valence-corrected chi connectivity index (χ1v) is 10.7. The number of nitrogens with one attached hydrogen (secondary N) is 2. The smallest absolute Gasteiger partial charge is 0.325 e. The van der Waals surface area contributed by atoms with E-state index in [4.69, 9.17) is 4.74 Å². The lowest BCUT2D eigenvalue weighted by Crippen LogP contribution is -2.43. The maximum atomic E-state index is 13.4. The van der Waals surface area contributed by atoms with E-state index >= 15 is 0 Å². The van der Waals surface area contributed by atoms with Crippen LogP contribution in [0.4, 0.5) is 10.5 Å². The number of imide groups is 1. The minimum atomic E-state index is -1.11. The Morgan fingerprint density at radius 1 is 0.970 bits per heavy atom. The monoisotopic (exact) mass is 443 g/mol. The fourth-order valence-electron chi connectivity index (χ4n) is 3.95. The molecule has 0 aromatic heterocycles. The van der Waals surface area contributed by atoms with Gasteiger partial charge in [0, 0.05) is 11.3 Å². The van der Waals surface area contributed by atoms with Gasteiger partial charge in [0.2, 0.25) is 0 Å². The molecule has 3 aromatic carbocycles. The van der Waals surface area contributed by atoms with Crippen LogP contribution in [-0.4, -0.2) is 29.9 Å². The zero-order valence-corrected chi connectivity index (χ0v) is 18.5. The first-order valence-electron chi connectivity index (χ1n) is 10.7. The molecule has 7 nitrogen and oxygen atoms in total. The second kappa shape index (κ2) is 9.16. The number of hydrogen-bond donors (Lipinski definition) is 2. The van der Waals surface area contributed by atoms with Gasteiger partial charge in [0.05, 0.1) is 13.7 Å². The van der Waals surface area contributed by atoms with E-state index in [1.165, 1.54) is 4.90 Å². The highest BCUT2D eigenvalue weighted by Crippen LogP contribution is 2.34. The number of urea groups is 1. The summed E-state index contributed by atoms with van der Waals surface area (Å²) in [5.41, 5.74) is 1.54. The normalized spacial score (nSPS) is 17.6. The number of amides is 4. The van der Waals surface area contributed by atoms with Crippen LogP contribution in [0.3, 0.4) is 0 Å². The Morgan fingerprint density at radius 3 is 2.24 bits per heavy atom. The fourth-order valence-corrected chi connectivity index (χ4v) is 3.95. The number of carbonyl (C=O) groups excluding carboxylic acids is 3. The minimum Gasteiger partial charge on any atom is -0.497 e. The highest BCUT2D eigenvalue weighted by molar-refractivity contribution is 6.07. The lowest BCUT2D eigenvalue weighted by atomic mass is 9.87. The third kappa shape index (κ3) is 4.30. The molecule has 0 saturated carbocycles. The Balaban J connectivity index is 1.48. The van der Waals surface area contributed by atoms with Gasteiger partial charge in [0.15, 0.2) is 0 Å². The maximum absolute atomic E-state index is 13.4. The van der Waals surface area contributed by atoms with Crippen molar-refractivity contribution in [3.63, 3.8) is 0 Å². The number of anilines is 1. The van der Waals surface area contributed by atoms with Crippen LogP contribution in [0, 0.1) is 0 Å². The molecule has 4 amide bonds. The fraction of sp³-hybridized carbons (Fsp3) is 0.192. The minimum absolute atomic E-state index is 0.114. The van der Waals surface area contributed by atoms with Crippen molar-refractivity contribution in [2.24, 2.45) is 0 Å². The number of carbonyl (C=O) groups is 3. The molecule has 0 spiro atoms. The molecule has 0 unspecified atom stereocenters. The number of rotatable bonds is 7. The molecular formula is C26H25N3O4. The van der Waals surface area contributed by atoms with Crippen LogP contribution in [0.5, 0.6) is 5.75 Å². The molecule has 1 heterocycles. The molecule has 4 rings (SSSR count). The number of hydrogen-bond acceptors (Lipinski definition) is 4. The highest BCUT2D eigenvalue weighted by Gasteiger charge is 2.51. The largest absolute Gasteiger partial charge is 0.497 e. The van der Waals surface area contributed by atoms with Gasteiger partial charge >= 0.3 is 6.03 Å². The summed E-state index contributed by atoms with van der Waals surface area (Å²) in [6.07, 6.45) is 0.416. The summed E-state index contributed by atoms with van der Waals surface area (Å²) >= 11 is 0. The van der Waals surface area contributed by atoms with E-state index in [2.05, 4.69) is 10.6 Å². The highest BCUT2D eigenvalue weighted by atomic mass is 16.5. The van der Waals surface area contributed by atoms with Crippen molar-refractivity contribution in [3.8, 4) is 5.75 Å². The summed E-state index contributed by atoms with van der Waals surface area (Å²) in [4.78, 5) is 39.8. The third-order valence-corrected chi connectivity index (χ3v) is 5.88. The van der Waals surface area contributed by atoms with Crippen molar-refractivity contribution in [2.75, 3.05) is 12.4 Å². The van der Waals surface area contributed by atoms with Crippen molar-refractivity contribution in [3.05, 3.63) is 95.6 Å². The summed E-state index contributed by atoms with van der Waals surface area (Å²) in [6.45, 7) is 1.98. The van der Waals surface area contributed by atoms with Gasteiger partial charge in [-0.1, -0.05) is 49.4 Å². The average Bonchev–Trinajstić information content (AvgIpc) is 3.10. The van der Waals surface area contributed by atoms with Gasteiger partial charge in [0.1, 0.15) is 11.3 Å². The Morgan fingerprint density at radius 2 is 1.64 bits per heavy atom. The van der Waals surface area contributed by atoms with Gasteiger partial charge in [-0.2, -0.15) is 0 Å². The van der Waals surface area contributed by atoms with E-state index in [9.17, 15) is 14.4 Å². The molecule has 2 N–H and O–H groups in total. The second-order valence-corrected chi connectivity index (χ2v) is 7.83. The van der Waals surface area contributed by atoms with Crippen molar-refractivity contribution in [1.29, 1.82) is 0 Å². The third-order valence-electron chi connectivity index (χ3n) is 5.88. The van der Waals surface area contributed by atoms with Crippen LogP contribution < -0.4 is 15.4 Å². The average molecular weight is 444 g/mol. The summed E-state index contributed by atoms with van der Waals surface area (Å²) < 4.78 is 5.19. The Kier molecular flexibility index (Phi) is 6.13. The molecule has 1 fully saturated rings. The van der Waals surface area contributed by atoms with E-state index in [0.717, 1.165) is 5.56 Å². The van der Waals surface area contributed by atoms with Gasteiger partial charge in [0.25, 0.3) is 11.8 Å². The van der Waals surface area contributed by atoms with Gasteiger partial charge in [-0.25, -0.2) is 4.79 Å². The number of nitrogens with zero attached hydrogens (tertiary/aromatic N) is 1. The molecule has 7 heteroatoms. The number of ether oxygens (including phenoxy) is 1. The van der Waals surface area contributed by atoms with Crippen LogP contribution in [0.25, 0.3) is 0 Å². The van der Waals surface area contributed by atoms with Crippen molar-refractivity contribution < 1.29 is 19.1 Å². The Hall–Kier alpha value is -4.13. The van der Waals surface area contributed by atoms with E-state index in [-0.39, 0.29) is 18.4 Å². The molecule has 33 heavy (non-hydrogen) atoms. The van der Waals surface area contributed by atoms with E-state index < -0.39 is 11.6 Å². The lowest BCUT2D eigenvalue weighted by molar-refractivity contribution is -0.132. The standard InChI is InChI=1S/C26H25N3O4/c1-3-26(20-13-15-22(33-2)16-14-20)24(31)29(25(32)28-26)17-18-9-11-19(12-10-18)23(30)27-21-7-5-4-6-8-21/h4-16H,3,17H2,1-2H3,(H,27,30)(H,28,32)/t26-/m1/s1. The number of methoxy groups -OCH3 is 1. The molecule has 0 radical (unpaired) electrons. The topological polar surface area (TPSA) is 87.7 Å². The summed E-state index contributed by atoms with van der Waals surface area (Å²) in [7, 11) is 1.57. The zero-order valence-electron chi connectivity index (χ0n) is 18.5. The van der Waals surface area contributed by atoms with Crippen LogP contribution >= 0.6 is 0 Å². The van der Waals surface area contributed by atoms with Crippen LogP contribution in [-0.2, 0) is 16.9 Å². The first-order chi connectivity index (χ1) is 16.0. The lowest BCUT2D eigenvalue weighted by Gasteiger charge is -2.26.